The van der Waals surface area contributed by atoms with E-state index >= 15 is 0 Å². The van der Waals surface area contributed by atoms with Crippen LogP contribution in [0.3, 0.4) is 0 Å². The summed E-state index contributed by atoms with van der Waals surface area (Å²) in [5, 5.41) is 2.41. The number of hydrogen-bond donors (Lipinski definition) is 2. The van der Waals surface area contributed by atoms with Gasteiger partial charge in [0, 0.05) is 19.5 Å². The van der Waals surface area contributed by atoms with Crippen LogP contribution in [0.5, 0.6) is 5.75 Å². The van der Waals surface area contributed by atoms with E-state index < -0.39 is 15.3 Å². The molecule has 1 heterocycles. The normalized spacial score (nSPS) is 19.8. The average Bonchev–Trinajstić information content (AvgIpc) is 2.79. The van der Waals surface area contributed by atoms with Gasteiger partial charge in [0.25, 0.3) is 0 Å². The zero-order valence-electron chi connectivity index (χ0n) is 11.2. The Morgan fingerprint density at radius 2 is 2.16 bits per heavy atom. The molecule has 2 unspecified atom stereocenters. The highest BCUT2D eigenvalue weighted by Crippen LogP contribution is 2.27. The molecular weight excluding hydrogens is 264 g/mol. The third-order valence-corrected chi connectivity index (χ3v) is 5.04. The summed E-state index contributed by atoms with van der Waals surface area (Å²) in [5.41, 5.74) is 1.13. The molecule has 0 radical (unpaired) electrons. The smallest absolute Gasteiger partial charge is 0.215 e. The number of ether oxygens (including phenoxy) is 1. The standard InChI is InChI=1S/C13H20N2O3S/c1-10(8-14-2)19(16,17)15-9-12-7-11-5-3-4-6-13(11)18-12/h3-6,10,12,14-15H,7-9H2,1-2H3. The Balaban J connectivity index is 1.88. The SMILES string of the molecule is CNCC(C)S(=O)(=O)NCC1Cc2ccccc2O1. The van der Waals surface area contributed by atoms with Crippen LogP contribution in [0.2, 0.25) is 0 Å². The van der Waals surface area contributed by atoms with Gasteiger partial charge in [-0.05, 0) is 25.6 Å². The molecule has 2 rings (SSSR count). The molecule has 0 saturated heterocycles. The highest BCUT2D eigenvalue weighted by atomic mass is 32.2. The van der Waals surface area contributed by atoms with E-state index in [1.54, 1.807) is 14.0 Å². The van der Waals surface area contributed by atoms with Crippen LogP contribution in [-0.4, -0.2) is 39.9 Å². The maximum Gasteiger partial charge on any atom is 0.215 e. The molecule has 1 aliphatic rings. The molecule has 106 valence electrons. The number of sulfonamides is 1. The van der Waals surface area contributed by atoms with Gasteiger partial charge >= 0.3 is 0 Å². The van der Waals surface area contributed by atoms with E-state index in [1.807, 2.05) is 24.3 Å². The highest BCUT2D eigenvalue weighted by Gasteiger charge is 2.26. The number of hydrogen-bond acceptors (Lipinski definition) is 4. The van der Waals surface area contributed by atoms with Gasteiger partial charge < -0.3 is 10.1 Å². The maximum atomic E-state index is 11.9. The third-order valence-electron chi connectivity index (χ3n) is 3.25. The highest BCUT2D eigenvalue weighted by molar-refractivity contribution is 7.90. The molecule has 1 aromatic rings. The Hall–Kier alpha value is -1.11. The molecule has 5 nitrogen and oxygen atoms in total. The summed E-state index contributed by atoms with van der Waals surface area (Å²) < 4.78 is 32.2. The first kappa shape index (κ1) is 14.3. The van der Waals surface area contributed by atoms with Gasteiger partial charge in [-0.3, -0.25) is 0 Å². The molecule has 6 heteroatoms. The van der Waals surface area contributed by atoms with E-state index in [-0.39, 0.29) is 6.10 Å². The van der Waals surface area contributed by atoms with Crippen LogP contribution >= 0.6 is 0 Å². The molecule has 19 heavy (non-hydrogen) atoms. The summed E-state index contributed by atoms with van der Waals surface area (Å²) in [6.07, 6.45) is 0.632. The zero-order valence-corrected chi connectivity index (χ0v) is 12.0. The molecule has 0 amide bonds. The van der Waals surface area contributed by atoms with Crippen molar-refractivity contribution < 1.29 is 13.2 Å². The van der Waals surface area contributed by atoms with Gasteiger partial charge in [0.15, 0.2) is 0 Å². The summed E-state index contributed by atoms with van der Waals surface area (Å²) >= 11 is 0. The Kier molecular flexibility index (Phi) is 4.44. The molecule has 0 saturated carbocycles. The number of nitrogens with one attached hydrogen (secondary N) is 2. The minimum Gasteiger partial charge on any atom is -0.488 e. The fourth-order valence-corrected chi connectivity index (χ4v) is 3.21. The molecule has 1 aliphatic heterocycles. The van der Waals surface area contributed by atoms with Crippen molar-refractivity contribution in [2.75, 3.05) is 20.1 Å². The predicted molar refractivity (Wildman–Crippen MR) is 74.9 cm³/mol. The lowest BCUT2D eigenvalue weighted by atomic mass is 10.1. The van der Waals surface area contributed by atoms with Crippen LogP contribution in [0, 0.1) is 0 Å². The van der Waals surface area contributed by atoms with Crippen molar-refractivity contribution in [2.45, 2.75) is 24.7 Å². The Labute approximate surface area is 114 Å². The molecule has 1 aromatic carbocycles. The predicted octanol–water partition coefficient (Wildman–Crippen LogP) is 0.517. The fourth-order valence-electron chi connectivity index (χ4n) is 2.12. The largest absolute Gasteiger partial charge is 0.488 e. The molecular formula is C13H20N2O3S. The molecule has 0 aliphatic carbocycles. The first-order chi connectivity index (χ1) is 9.03. The van der Waals surface area contributed by atoms with Crippen molar-refractivity contribution in [1.29, 1.82) is 0 Å². The maximum absolute atomic E-state index is 11.9. The minimum atomic E-state index is -3.29. The van der Waals surface area contributed by atoms with Crippen molar-refractivity contribution in [3.05, 3.63) is 29.8 Å². The van der Waals surface area contributed by atoms with Crippen molar-refractivity contribution in [1.82, 2.24) is 10.0 Å². The zero-order chi connectivity index (χ0) is 13.9. The Morgan fingerprint density at radius 3 is 2.84 bits per heavy atom. The number of rotatable bonds is 6. The van der Waals surface area contributed by atoms with Crippen molar-refractivity contribution in [3.63, 3.8) is 0 Å². The van der Waals surface area contributed by atoms with E-state index in [1.165, 1.54) is 0 Å². The Morgan fingerprint density at radius 1 is 1.42 bits per heavy atom. The van der Waals surface area contributed by atoms with E-state index in [4.69, 9.17) is 4.74 Å². The molecule has 2 atom stereocenters. The molecule has 0 spiro atoms. The van der Waals surface area contributed by atoms with Gasteiger partial charge in [0.05, 0.1) is 5.25 Å². The second-order valence-corrected chi connectivity index (χ2v) is 7.00. The van der Waals surface area contributed by atoms with Crippen LogP contribution in [-0.2, 0) is 16.4 Å². The number of fused-ring (bicyclic) bond motifs is 1. The summed E-state index contributed by atoms with van der Waals surface area (Å²) in [4.78, 5) is 0. The van der Waals surface area contributed by atoms with Gasteiger partial charge in [-0.1, -0.05) is 18.2 Å². The van der Waals surface area contributed by atoms with Crippen LogP contribution in [0.4, 0.5) is 0 Å². The quantitative estimate of drug-likeness (QED) is 0.799. The van der Waals surface area contributed by atoms with E-state index in [0.29, 0.717) is 13.1 Å². The van der Waals surface area contributed by atoms with Crippen LogP contribution < -0.4 is 14.8 Å². The summed E-state index contributed by atoms with van der Waals surface area (Å²) in [7, 11) is -1.55. The van der Waals surface area contributed by atoms with Crippen LogP contribution in [0.25, 0.3) is 0 Å². The molecule has 0 aromatic heterocycles. The second kappa shape index (κ2) is 5.90. The van der Waals surface area contributed by atoms with E-state index in [2.05, 4.69) is 10.0 Å². The van der Waals surface area contributed by atoms with Crippen molar-refractivity contribution in [3.8, 4) is 5.75 Å². The number of para-hydroxylation sites is 1. The fraction of sp³-hybridized carbons (Fsp3) is 0.538. The molecule has 0 fully saturated rings. The lowest BCUT2D eigenvalue weighted by molar-refractivity contribution is 0.236. The lowest BCUT2D eigenvalue weighted by Gasteiger charge is -2.16. The van der Waals surface area contributed by atoms with E-state index in [0.717, 1.165) is 17.7 Å². The van der Waals surface area contributed by atoms with Gasteiger partial charge in [-0.15, -0.1) is 0 Å². The summed E-state index contributed by atoms with van der Waals surface area (Å²) in [5.74, 6) is 0.856. The second-order valence-electron chi connectivity index (χ2n) is 4.81. The van der Waals surface area contributed by atoms with E-state index in [9.17, 15) is 8.42 Å². The summed E-state index contributed by atoms with van der Waals surface area (Å²) in [6.45, 7) is 2.43. The third kappa shape index (κ3) is 3.46. The van der Waals surface area contributed by atoms with Gasteiger partial charge in [-0.2, -0.15) is 0 Å². The van der Waals surface area contributed by atoms with Crippen LogP contribution in [0.1, 0.15) is 12.5 Å². The van der Waals surface area contributed by atoms with Gasteiger partial charge in [0.1, 0.15) is 11.9 Å². The van der Waals surface area contributed by atoms with Crippen LogP contribution in [0.15, 0.2) is 24.3 Å². The van der Waals surface area contributed by atoms with Crippen molar-refractivity contribution >= 4 is 10.0 Å². The Bertz CT molecular complexity index is 505. The number of benzene rings is 1. The first-order valence-corrected chi connectivity index (χ1v) is 7.95. The minimum absolute atomic E-state index is 0.117. The van der Waals surface area contributed by atoms with Gasteiger partial charge in [-0.25, -0.2) is 13.1 Å². The summed E-state index contributed by atoms with van der Waals surface area (Å²) in [6, 6.07) is 7.80. The van der Waals surface area contributed by atoms with Gasteiger partial charge in [0.2, 0.25) is 10.0 Å². The molecule has 2 N–H and O–H groups in total. The van der Waals surface area contributed by atoms with Crippen molar-refractivity contribution in [2.24, 2.45) is 0 Å². The topological polar surface area (TPSA) is 67.4 Å². The lowest BCUT2D eigenvalue weighted by Crippen LogP contribution is -2.42. The first-order valence-electron chi connectivity index (χ1n) is 6.40. The monoisotopic (exact) mass is 284 g/mol. The molecule has 0 bridgehead atoms. The average molecular weight is 284 g/mol.